The molecule has 0 amide bonds. The zero-order valence-corrected chi connectivity index (χ0v) is 13.7. The van der Waals surface area contributed by atoms with E-state index in [-0.39, 0.29) is 11.1 Å². The van der Waals surface area contributed by atoms with E-state index in [0.717, 1.165) is 12.8 Å². The predicted octanol–water partition coefficient (Wildman–Crippen LogP) is 4.00. The van der Waals surface area contributed by atoms with Crippen LogP contribution in [0.15, 0.2) is 18.2 Å². The number of unbranched alkanes of at least 4 members (excludes halogenated alkanes) is 5. The fraction of sp³-hybridized carbons (Fsp3) is 0.556. The Balaban J connectivity index is 2.39. The van der Waals surface area contributed by atoms with Crippen molar-refractivity contribution in [2.45, 2.75) is 51.9 Å². The van der Waals surface area contributed by atoms with Gasteiger partial charge in [-0.15, -0.1) is 0 Å². The summed E-state index contributed by atoms with van der Waals surface area (Å²) in [5.74, 6) is -2.44. The van der Waals surface area contributed by atoms with Crippen LogP contribution in [0, 0.1) is 0 Å². The first-order chi connectivity index (χ1) is 11.1. The number of hydrogen-bond acceptors (Lipinski definition) is 3. The van der Waals surface area contributed by atoms with Crippen LogP contribution in [0.2, 0.25) is 0 Å². The van der Waals surface area contributed by atoms with E-state index in [4.69, 9.17) is 9.84 Å². The maximum absolute atomic E-state index is 11.3. The molecule has 1 aromatic rings. The second-order valence-electron chi connectivity index (χ2n) is 5.58. The molecule has 0 aromatic heterocycles. The van der Waals surface area contributed by atoms with Crippen LogP contribution in [0.25, 0.3) is 0 Å². The summed E-state index contributed by atoms with van der Waals surface area (Å²) in [4.78, 5) is 22.4. The van der Waals surface area contributed by atoms with Gasteiger partial charge in [0.25, 0.3) is 0 Å². The molecule has 128 valence electrons. The number of carbonyl (C=O) groups is 2. The molecule has 0 aliphatic rings. The van der Waals surface area contributed by atoms with Gasteiger partial charge in [0, 0.05) is 6.61 Å². The van der Waals surface area contributed by atoms with Crippen molar-refractivity contribution in [2.24, 2.45) is 0 Å². The maximum atomic E-state index is 11.3. The molecule has 5 heteroatoms. The Morgan fingerprint density at radius 1 is 0.957 bits per heavy atom. The van der Waals surface area contributed by atoms with Crippen LogP contribution in [0.5, 0.6) is 0 Å². The van der Waals surface area contributed by atoms with Gasteiger partial charge in [-0.25, -0.2) is 9.59 Å². The minimum absolute atomic E-state index is 0.136. The first-order valence-electron chi connectivity index (χ1n) is 8.24. The SMILES string of the molecule is CCCCCCCCOCCc1cccc(C(=O)O)c1C(=O)O. The molecular weight excluding hydrogens is 296 g/mol. The third kappa shape index (κ3) is 6.82. The fourth-order valence-corrected chi connectivity index (χ4v) is 2.51. The van der Waals surface area contributed by atoms with Gasteiger partial charge < -0.3 is 14.9 Å². The number of carboxylic acid groups (broad SMARTS) is 2. The average molecular weight is 322 g/mol. The molecule has 0 heterocycles. The van der Waals surface area contributed by atoms with Crippen molar-refractivity contribution in [3.05, 3.63) is 34.9 Å². The van der Waals surface area contributed by atoms with Gasteiger partial charge in [0.05, 0.1) is 17.7 Å². The second-order valence-corrected chi connectivity index (χ2v) is 5.58. The Labute approximate surface area is 137 Å². The highest BCUT2D eigenvalue weighted by atomic mass is 16.5. The van der Waals surface area contributed by atoms with E-state index in [1.165, 1.54) is 31.7 Å². The lowest BCUT2D eigenvalue weighted by molar-refractivity contribution is 0.0649. The lowest BCUT2D eigenvalue weighted by Crippen LogP contribution is -2.13. The highest BCUT2D eigenvalue weighted by Gasteiger charge is 2.19. The molecule has 0 fully saturated rings. The maximum Gasteiger partial charge on any atom is 0.336 e. The van der Waals surface area contributed by atoms with Crippen LogP contribution in [-0.2, 0) is 11.2 Å². The van der Waals surface area contributed by atoms with Crippen molar-refractivity contribution in [1.29, 1.82) is 0 Å². The Morgan fingerprint density at radius 2 is 1.65 bits per heavy atom. The summed E-state index contributed by atoms with van der Waals surface area (Å²) in [6.45, 7) is 3.25. The van der Waals surface area contributed by atoms with Gasteiger partial charge in [-0.05, 0) is 24.5 Å². The summed E-state index contributed by atoms with van der Waals surface area (Å²) in [5, 5.41) is 18.3. The Hall–Kier alpha value is -1.88. The van der Waals surface area contributed by atoms with E-state index in [2.05, 4.69) is 6.92 Å². The topological polar surface area (TPSA) is 83.8 Å². The van der Waals surface area contributed by atoms with E-state index in [1.807, 2.05) is 0 Å². The van der Waals surface area contributed by atoms with Gasteiger partial charge in [0.2, 0.25) is 0 Å². The second kappa shape index (κ2) is 10.8. The van der Waals surface area contributed by atoms with E-state index in [1.54, 1.807) is 12.1 Å². The van der Waals surface area contributed by atoms with E-state index >= 15 is 0 Å². The van der Waals surface area contributed by atoms with Crippen LogP contribution in [0.4, 0.5) is 0 Å². The number of hydrogen-bond donors (Lipinski definition) is 2. The van der Waals surface area contributed by atoms with Crippen molar-refractivity contribution in [2.75, 3.05) is 13.2 Å². The molecule has 0 saturated carbocycles. The quantitative estimate of drug-likeness (QED) is 0.568. The van der Waals surface area contributed by atoms with Crippen LogP contribution < -0.4 is 0 Å². The largest absolute Gasteiger partial charge is 0.478 e. The summed E-state index contributed by atoms with van der Waals surface area (Å²) in [7, 11) is 0. The Bertz CT molecular complexity index is 510. The van der Waals surface area contributed by atoms with Gasteiger partial charge in [0.15, 0.2) is 0 Å². The summed E-state index contributed by atoms with van der Waals surface area (Å²) >= 11 is 0. The monoisotopic (exact) mass is 322 g/mol. The van der Waals surface area contributed by atoms with Gasteiger partial charge in [-0.1, -0.05) is 51.2 Å². The average Bonchev–Trinajstić information content (AvgIpc) is 2.52. The molecule has 1 rings (SSSR count). The van der Waals surface area contributed by atoms with Crippen LogP contribution >= 0.6 is 0 Å². The molecule has 0 unspecified atom stereocenters. The smallest absolute Gasteiger partial charge is 0.336 e. The molecule has 2 N–H and O–H groups in total. The summed E-state index contributed by atoms with van der Waals surface area (Å²) in [6, 6.07) is 4.52. The van der Waals surface area contributed by atoms with Gasteiger partial charge in [-0.3, -0.25) is 0 Å². The molecule has 0 atom stereocenters. The van der Waals surface area contributed by atoms with Gasteiger partial charge in [-0.2, -0.15) is 0 Å². The van der Waals surface area contributed by atoms with Crippen molar-refractivity contribution in [1.82, 2.24) is 0 Å². The minimum atomic E-state index is -1.22. The number of carboxylic acids is 2. The standard InChI is InChI=1S/C18H26O5/c1-2-3-4-5-6-7-12-23-13-11-14-9-8-10-15(17(19)20)16(14)18(21)22/h8-10H,2-7,11-13H2,1H3,(H,19,20)(H,21,22). The Morgan fingerprint density at radius 3 is 2.30 bits per heavy atom. The third-order valence-corrected chi connectivity index (χ3v) is 3.75. The van der Waals surface area contributed by atoms with E-state index in [9.17, 15) is 14.7 Å². The molecule has 0 saturated heterocycles. The zero-order chi connectivity index (χ0) is 17.1. The fourth-order valence-electron chi connectivity index (χ4n) is 2.51. The number of aromatic carboxylic acids is 2. The minimum Gasteiger partial charge on any atom is -0.478 e. The first kappa shape index (κ1) is 19.2. The van der Waals surface area contributed by atoms with E-state index in [0.29, 0.717) is 25.2 Å². The van der Waals surface area contributed by atoms with Crippen molar-refractivity contribution in [3.63, 3.8) is 0 Å². The molecule has 5 nitrogen and oxygen atoms in total. The van der Waals surface area contributed by atoms with Crippen LogP contribution in [-0.4, -0.2) is 35.4 Å². The van der Waals surface area contributed by atoms with Crippen molar-refractivity contribution >= 4 is 11.9 Å². The van der Waals surface area contributed by atoms with Gasteiger partial charge in [0.1, 0.15) is 0 Å². The lowest BCUT2D eigenvalue weighted by atomic mass is 9.99. The number of rotatable bonds is 12. The molecular formula is C18H26O5. The Kier molecular flexibility index (Phi) is 8.98. The first-order valence-corrected chi connectivity index (χ1v) is 8.24. The van der Waals surface area contributed by atoms with Crippen LogP contribution in [0.3, 0.4) is 0 Å². The molecule has 0 aliphatic carbocycles. The summed E-state index contributed by atoms with van der Waals surface area (Å²) < 4.78 is 5.54. The predicted molar refractivity (Wildman–Crippen MR) is 88.3 cm³/mol. The lowest BCUT2D eigenvalue weighted by Gasteiger charge is -2.09. The highest BCUT2D eigenvalue weighted by Crippen LogP contribution is 2.16. The molecule has 1 aromatic carbocycles. The number of benzene rings is 1. The molecule has 0 bridgehead atoms. The molecule has 0 radical (unpaired) electrons. The molecule has 0 spiro atoms. The summed E-state index contributed by atoms with van der Waals surface area (Å²) in [6.07, 6.45) is 7.55. The summed E-state index contributed by atoms with van der Waals surface area (Å²) in [5.41, 5.74) is 0.189. The molecule has 0 aliphatic heterocycles. The van der Waals surface area contributed by atoms with Crippen molar-refractivity contribution in [3.8, 4) is 0 Å². The van der Waals surface area contributed by atoms with Gasteiger partial charge >= 0.3 is 11.9 Å². The normalized spacial score (nSPS) is 10.7. The number of ether oxygens (including phenoxy) is 1. The third-order valence-electron chi connectivity index (χ3n) is 3.75. The van der Waals surface area contributed by atoms with Crippen molar-refractivity contribution < 1.29 is 24.5 Å². The molecule has 23 heavy (non-hydrogen) atoms. The van der Waals surface area contributed by atoms with E-state index < -0.39 is 11.9 Å². The zero-order valence-electron chi connectivity index (χ0n) is 13.7. The highest BCUT2D eigenvalue weighted by molar-refractivity contribution is 6.02. The van der Waals surface area contributed by atoms with Crippen LogP contribution in [0.1, 0.15) is 71.7 Å².